The first-order chi connectivity index (χ1) is 16.7. The molecule has 6 heteroatoms. The number of pyridine rings is 1. The lowest BCUT2D eigenvalue weighted by molar-refractivity contribution is -0.116. The molecule has 0 fully saturated rings. The highest BCUT2D eigenvalue weighted by molar-refractivity contribution is 6.00. The fourth-order valence-corrected chi connectivity index (χ4v) is 4.06. The first-order valence-electron chi connectivity index (χ1n) is 11.3. The molecule has 1 aliphatic heterocycles. The van der Waals surface area contributed by atoms with Gasteiger partial charge < -0.3 is 14.5 Å². The van der Waals surface area contributed by atoms with Gasteiger partial charge in [-0.25, -0.2) is 4.98 Å². The van der Waals surface area contributed by atoms with Crippen LogP contribution in [0.25, 0.3) is 22.4 Å². The van der Waals surface area contributed by atoms with Crippen LogP contribution in [0.3, 0.4) is 0 Å². The van der Waals surface area contributed by atoms with E-state index in [9.17, 15) is 9.59 Å². The van der Waals surface area contributed by atoms with E-state index in [1.807, 2.05) is 54.6 Å². The number of aromatic nitrogens is 1. The van der Waals surface area contributed by atoms with Gasteiger partial charge in [-0.05, 0) is 60.4 Å². The molecular formula is C28H24N2O4. The molecule has 0 radical (unpaired) electrons. The van der Waals surface area contributed by atoms with Crippen LogP contribution in [0.15, 0.2) is 83.7 Å². The molecule has 4 aromatic rings. The molecule has 0 atom stereocenters. The molecule has 6 nitrogen and oxygen atoms in total. The summed E-state index contributed by atoms with van der Waals surface area (Å²) in [7, 11) is 0. The van der Waals surface area contributed by atoms with E-state index >= 15 is 0 Å². The van der Waals surface area contributed by atoms with Crippen LogP contribution >= 0.6 is 0 Å². The monoisotopic (exact) mass is 452 g/mol. The third-order valence-corrected chi connectivity index (χ3v) is 5.83. The molecule has 1 amide bonds. The SMILES string of the molecule is O=C(CCC(=O)c1ccc2c(c1)CCCO2)Nc1cc(-c2ccoc2)cc(-c2ccccc2)n1. The van der Waals surface area contributed by atoms with E-state index in [0.717, 1.165) is 46.5 Å². The molecule has 3 heterocycles. The molecule has 1 N–H and O–H groups in total. The number of hydrogen-bond donors (Lipinski definition) is 1. The summed E-state index contributed by atoms with van der Waals surface area (Å²) in [6.45, 7) is 0.711. The molecule has 0 bridgehead atoms. The van der Waals surface area contributed by atoms with Gasteiger partial charge in [0.1, 0.15) is 11.6 Å². The van der Waals surface area contributed by atoms with Gasteiger partial charge in [0.05, 0.1) is 24.8 Å². The molecule has 170 valence electrons. The predicted molar refractivity (Wildman–Crippen MR) is 130 cm³/mol. The Hall–Kier alpha value is -4.19. The maximum absolute atomic E-state index is 12.7. The number of carbonyl (C=O) groups is 2. The normalized spacial score (nSPS) is 12.5. The molecule has 34 heavy (non-hydrogen) atoms. The zero-order chi connectivity index (χ0) is 23.3. The number of fused-ring (bicyclic) bond motifs is 1. The molecule has 0 saturated carbocycles. The van der Waals surface area contributed by atoms with Crippen molar-refractivity contribution in [3.05, 3.63) is 90.4 Å². The summed E-state index contributed by atoms with van der Waals surface area (Å²) >= 11 is 0. The van der Waals surface area contributed by atoms with E-state index < -0.39 is 0 Å². The number of nitrogens with one attached hydrogen (secondary N) is 1. The third kappa shape index (κ3) is 4.91. The Morgan fingerprint density at radius 1 is 0.912 bits per heavy atom. The van der Waals surface area contributed by atoms with Crippen molar-refractivity contribution in [2.75, 3.05) is 11.9 Å². The number of benzene rings is 2. The van der Waals surface area contributed by atoms with E-state index in [1.54, 1.807) is 24.7 Å². The van der Waals surface area contributed by atoms with E-state index in [-0.39, 0.29) is 24.5 Å². The van der Waals surface area contributed by atoms with Crippen LogP contribution in [0.2, 0.25) is 0 Å². The number of anilines is 1. The van der Waals surface area contributed by atoms with Gasteiger partial charge in [0.25, 0.3) is 0 Å². The van der Waals surface area contributed by atoms with E-state index in [4.69, 9.17) is 9.15 Å². The number of aryl methyl sites for hydroxylation is 1. The van der Waals surface area contributed by atoms with Gasteiger partial charge in [-0.15, -0.1) is 0 Å². The summed E-state index contributed by atoms with van der Waals surface area (Å²) in [5, 5.41) is 2.86. The highest BCUT2D eigenvalue weighted by Crippen LogP contribution is 2.29. The number of carbonyl (C=O) groups excluding carboxylic acids is 2. The van der Waals surface area contributed by atoms with Crippen LogP contribution in [-0.2, 0) is 11.2 Å². The van der Waals surface area contributed by atoms with Gasteiger partial charge in [-0.3, -0.25) is 9.59 Å². The van der Waals surface area contributed by atoms with Crippen molar-refractivity contribution in [3.63, 3.8) is 0 Å². The van der Waals surface area contributed by atoms with E-state index in [2.05, 4.69) is 10.3 Å². The molecule has 1 aliphatic rings. The second kappa shape index (κ2) is 9.75. The zero-order valence-corrected chi connectivity index (χ0v) is 18.6. The smallest absolute Gasteiger partial charge is 0.225 e. The fourth-order valence-electron chi connectivity index (χ4n) is 4.06. The Morgan fingerprint density at radius 2 is 1.79 bits per heavy atom. The summed E-state index contributed by atoms with van der Waals surface area (Å²) in [5.74, 6) is 0.957. The van der Waals surface area contributed by atoms with Crippen LogP contribution in [0, 0.1) is 0 Å². The standard InChI is InChI=1S/C28H24N2O4/c31-25(20-8-10-26-21(15-20)7-4-13-34-26)9-11-28(32)30-27-17-23(22-12-14-33-18-22)16-24(29-27)19-5-2-1-3-6-19/h1-3,5-6,8,10,12,14-18H,4,7,9,11,13H2,(H,29,30,32). The number of hydrogen-bond acceptors (Lipinski definition) is 5. The number of amides is 1. The quantitative estimate of drug-likeness (QED) is 0.351. The molecule has 2 aromatic carbocycles. The van der Waals surface area contributed by atoms with Crippen LogP contribution in [0.1, 0.15) is 35.2 Å². The number of ether oxygens (including phenoxy) is 1. The van der Waals surface area contributed by atoms with Crippen molar-refractivity contribution in [2.45, 2.75) is 25.7 Å². The molecule has 0 unspecified atom stereocenters. The van der Waals surface area contributed by atoms with Crippen molar-refractivity contribution in [1.82, 2.24) is 4.98 Å². The van der Waals surface area contributed by atoms with Crippen molar-refractivity contribution in [1.29, 1.82) is 0 Å². The number of rotatable bonds is 7. The van der Waals surface area contributed by atoms with Crippen LogP contribution in [0.5, 0.6) is 5.75 Å². The van der Waals surface area contributed by atoms with Gasteiger partial charge in [-0.2, -0.15) is 0 Å². The summed E-state index contributed by atoms with van der Waals surface area (Å²) in [4.78, 5) is 30.0. The largest absolute Gasteiger partial charge is 0.493 e. The van der Waals surface area contributed by atoms with E-state index in [0.29, 0.717) is 18.0 Å². The highest BCUT2D eigenvalue weighted by atomic mass is 16.5. The minimum absolute atomic E-state index is 0.0615. The summed E-state index contributed by atoms with van der Waals surface area (Å²) in [5.41, 5.74) is 5.11. The minimum atomic E-state index is -0.259. The van der Waals surface area contributed by atoms with Gasteiger partial charge in [-0.1, -0.05) is 30.3 Å². The number of Topliss-reactive ketones (excluding diaryl/α,β-unsaturated/α-hetero) is 1. The number of nitrogens with zero attached hydrogens (tertiary/aromatic N) is 1. The average molecular weight is 453 g/mol. The Kier molecular flexibility index (Phi) is 6.21. The van der Waals surface area contributed by atoms with Gasteiger partial charge in [0, 0.05) is 29.5 Å². The zero-order valence-electron chi connectivity index (χ0n) is 18.6. The second-order valence-electron chi connectivity index (χ2n) is 8.25. The number of ketones is 1. The lowest BCUT2D eigenvalue weighted by Crippen LogP contribution is -2.15. The lowest BCUT2D eigenvalue weighted by Gasteiger charge is -2.17. The Morgan fingerprint density at radius 3 is 2.62 bits per heavy atom. The first-order valence-corrected chi connectivity index (χ1v) is 11.3. The maximum atomic E-state index is 12.7. The number of furan rings is 1. The van der Waals surface area contributed by atoms with Crippen LogP contribution in [-0.4, -0.2) is 23.3 Å². The fraction of sp³-hybridized carbons (Fsp3) is 0.179. The summed E-state index contributed by atoms with van der Waals surface area (Å²) < 4.78 is 10.8. The van der Waals surface area contributed by atoms with Crippen LogP contribution in [0.4, 0.5) is 5.82 Å². The average Bonchev–Trinajstić information content (AvgIpc) is 3.42. The molecular weight excluding hydrogens is 428 g/mol. The minimum Gasteiger partial charge on any atom is -0.493 e. The molecule has 2 aromatic heterocycles. The first kappa shape index (κ1) is 21.6. The van der Waals surface area contributed by atoms with Gasteiger partial charge in [0.15, 0.2) is 5.78 Å². The van der Waals surface area contributed by atoms with Crippen molar-refractivity contribution in [2.24, 2.45) is 0 Å². The van der Waals surface area contributed by atoms with Crippen LogP contribution < -0.4 is 10.1 Å². The van der Waals surface area contributed by atoms with Crippen molar-refractivity contribution >= 4 is 17.5 Å². The molecule has 0 saturated heterocycles. The Bertz CT molecular complexity index is 1310. The van der Waals surface area contributed by atoms with Crippen molar-refractivity contribution in [3.8, 4) is 28.1 Å². The van der Waals surface area contributed by atoms with E-state index in [1.165, 1.54) is 0 Å². The molecule has 0 spiro atoms. The second-order valence-corrected chi connectivity index (χ2v) is 8.25. The summed E-state index contributed by atoms with van der Waals surface area (Å²) in [6.07, 6.45) is 5.30. The topological polar surface area (TPSA) is 81.4 Å². The summed E-state index contributed by atoms with van der Waals surface area (Å²) in [6, 6.07) is 20.9. The molecule has 0 aliphatic carbocycles. The Balaban J connectivity index is 1.29. The Labute approximate surface area is 197 Å². The maximum Gasteiger partial charge on any atom is 0.225 e. The van der Waals surface area contributed by atoms with Gasteiger partial charge in [0.2, 0.25) is 5.91 Å². The lowest BCUT2D eigenvalue weighted by atomic mass is 9.99. The third-order valence-electron chi connectivity index (χ3n) is 5.83. The predicted octanol–water partition coefficient (Wildman–Crippen LogP) is 5.94. The highest BCUT2D eigenvalue weighted by Gasteiger charge is 2.16. The van der Waals surface area contributed by atoms with Gasteiger partial charge >= 0.3 is 0 Å². The van der Waals surface area contributed by atoms with Crippen molar-refractivity contribution < 1.29 is 18.7 Å². The molecule has 5 rings (SSSR count).